The van der Waals surface area contributed by atoms with E-state index in [1.54, 1.807) is 0 Å². The second-order valence-corrected chi connectivity index (χ2v) is 6.69. The first-order valence-corrected chi connectivity index (χ1v) is 9.19. The number of rotatable bonds is 8. The molecule has 0 unspecified atom stereocenters. The van der Waals surface area contributed by atoms with Gasteiger partial charge in [0.15, 0.2) is 5.76 Å². The number of carbonyl (C=O) groups excluding carboxylic acids is 1. The van der Waals surface area contributed by atoms with Crippen molar-refractivity contribution in [2.75, 3.05) is 13.2 Å². The molecule has 2 aliphatic rings. The van der Waals surface area contributed by atoms with Gasteiger partial charge in [-0.15, -0.1) is 0 Å². The van der Waals surface area contributed by atoms with E-state index in [-0.39, 0.29) is 30.4 Å². The molecule has 1 amide bonds. The molecular formula is C20H27NO4. The smallest absolute Gasteiger partial charge is 0.286 e. The summed E-state index contributed by atoms with van der Waals surface area (Å²) in [5.74, 6) is 0.276. The number of nitrogens with one attached hydrogen (secondary N) is 1. The Hall–Kier alpha value is -1.85. The molecule has 0 aromatic heterocycles. The fraction of sp³-hybridized carbons (Fsp3) is 0.550. The van der Waals surface area contributed by atoms with Crippen LogP contribution in [0, 0.1) is 5.92 Å². The summed E-state index contributed by atoms with van der Waals surface area (Å²) in [7, 11) is 0. The standard InChI is InChI=1S/C20H27NO4/c1-2-24-20-16(9-6-12-22)17(14-7-4-3-5-8-14)13-18(25-20)19(23)21-15-10-11-15/h3-5,7-8,13,15-17,20,22H,2,6,9-12H2,1H3,(H,21,23)/t16-,17+,20+/m1/s1. The monoisotopic (exact) mass is 345 g/mol. The number of hydrogen-bond acceptors (Lipinski definition) is 4. The molecule has 5 nitrogen and oxygen atoms in total. The molecule has 1 aliphatic carbocycles. The van der Waals surface area contributed by atoms with E-state index < -0.39 is 6.29 Å². The number of allylic oxidation sites excluding steroid dienone is 1. The number of aliphatic hydroxyl groups excluding tert-OH is 1. The van der Waals surface area contributed by atoms with E-state index >= 15 is 0 Å². The largest absolute Gasteiger partial charge is 0.459 e. The van der Waals surface area contributed by atoms with Gasteiger partial charge in [0.2, 0.25) is 6.29 Å². The SMILES string of the molecule is CCO[C@H]1OC(C(=O)NC2CC2)=C[C@@H](c2ccccc2)[C@H]1CCCO. The molecule has 1 saturated carbocycles. The Morgan fingerprint density at radius 3 is 2.72 bits per heavy atom. The minimum Gasteiger partial charge on any atom is -0.459 e. The molecule has 0 bridgehead atoms. The fourth-order valence-corrected chi connectivity index (χ4v) is 3.30. The minimum absolute atomic E-state index is 0.0259. The lowest BCUT2D eigenvalue weighted by atomic mass is 9.80. The minimum atomic E-state index is -0.480. The molecule has 2 N–H and O–H groups in total. The molecule has 3 atom stereocenters. The summed E-state index contributed by atoms with van der Waals surface area (Å²) >= 11 is 0. The zero-order chi connectivity index (χ0) is 17.6. The van der Waals surface area contributed by atoms with Gasteiger partial charge in [-0.05, 0) is 44.2 Å². The number of benzene rings is 1. The van der Waals surface area contributed by atoms with Crippen molar-refractivity contribution in [3.63, 3.8) is 0 Å². The maximum absolute atomic E-state index is 12.5. The van der Waals surface area contributed by atoms with Crippen molar-refractivity contribution < 1.29 is 19.4 Å². The van der Waals surface area contributed by atoms with E-state index in [0.29, 0.717) is 18.8 Å². The highest BCUT2D eigenvalue weighted by molar-refractivity contribution is 5.92. The van der Waals surface area contributed by atoms with Crippen LogP contribution >= 0.6 is 0 Å². The number of hydrogen-bond donors (Lipinski definition) is 2. The van der Waals surface area contributed by atoms with Gasteiger partial charge in [0, 0.05) is 31.1 Å². The summed E-state index contributed by atoms with van der Waals surface area (Å²) in [4.78, 5) is 12.5. The van der Waals surface area contributed by atoms with Gasteiger partial charge in [0.1, 0.15) is 0 Å². The molecule has 25 heavy (non-hydrogen) atoms. The van der Waals surface area contributed by atoms with Gasteiger partial charge in [-0.25, -0.2) is 0 Å². The van der Waals surface area contributed by atoms with E-state index in [0.717, 1.165) is 24.8 Å². The van der Waals surface area contributed by atoms with Crippen molar-refractivity contribution in [3.8, 4) is 0 Å². The lowest BCUT2D eigenvalue weighted by molar-refractivity contribution is -0.166. The Morgan fingerprint density at radius 2 is 2.08 bits per heavy atom. The summed E-state index contributed by atoms with van der Waals surface area (Å²) in [6.07, 6.45) is 4.97. The summed E-state index contributed by atoms with van der Waals surface area (Å²) in [6, 6.07) is 10.4. The summed E-state index contributed by atoms with van der Waals surface area (Å²) in [5, 5.41) is 12.2. The highest BCUT2D eigenvalue weighted by atomic mass is 16.7. The van der Waals surface area contributed by atoms with Crippen LogP contribution in [0.25, 0.3) is 0 Å². The normalized spacial score (nSPS) is 25.8. The Balaban J connectivity index is 1.88. The van der Waals surface area contributed by atoms with Crippen LogP contribution in [-0.2, 0) is 14.3 Å². The van der Waals surface area contributed by atoms with Crippen LogP contribution in [0.15, 0.2) is 42.2 Å². The van der Waals surface area contributed by atoms with E-state index in [2.05, 4.69) is 17.4 Å². The molecule has 3 rings (SSSR count). The van der Waals surface area contributed by atoms with Crippen LogP contribution in [-0.4, -0.2) is 36.6 Å². The van der Waals surface area contributed by atoms with Crippen LogP contribution in [0.4, 0.5) is 0 Å². The third kappa shape index (κ3) is 4.61. The van der Waals surface area contributed by atoms with Gasteiger partial charge in [-0.2, -0.15) is 0 Å². The topological polar surface area (TPSA) is 67.8 Å². The van der Waals surface area contributed by atoms with Gasteiger partial charge in [0.05, 0.1) is 0 Å². The van der Waals surface area contributed by atoms with Crippen molar-refractivity contribution in [1.82, 2.24) is 5.32 Å². The average molecular weight is 345 g/mol. The molecule has 5 heteroatoms. The third-order valence-corrected chi connectivity index (χ3v) is 4.73. The first kappa shape index (κ1) is 18.0. The highest BCUT2D eigenvalue weighted by Crippen LogP contribution is 2.39. The predicted molar refractivity (Wildman–Crippen MR) is 94.7 cm³/mol. The first-order chi connectivity index (χ1) is 12.2. The second-order valence-electron chi connectivity index (χ2n) is 6.69. The molecule has 1 heterocycles. The van der Waals surface area contributed by atoms with Gasteiger partial charge in [-0.1, -0.05) is 30.3 Å². The lowest BCUT2D eigenvalue weighted by Gasteiger charge is -2.37. The average Bonchev–Trinajstić information content (AvgIpc) is 3.45. The van der Waals surface area contributed by atoms with Gasteiger partial charge in [-0.3, -0.25) is 4.79 Å². The second kappa shape index (κ2) is 8.50. The fourth-order valence-electron chi connectivity index (χ4n) is 3.30. The molecule has 0 radical (unpaired) electrons. The zero-order valence-corrected chi connectivity index (χ0v) is 14.7. The van der Waals surface area contributed by atoms with Gasteiger partial charge < -0.3 is 19.9 Å². The molecule has 1 fully saturated rings. The van der Waals surface area contributed by atoms with Gasteiger partial charge >= 0.3 is 0 Å². The van der Waals surface area contributed by atoms with Crippen molar-refractivity contribution in [1.29, 1.82) is 0 Å². The molecule has 1 aromatic rings. The molecule has 136 valence electrons. The van der Waals surface area contributed by atoms with Crippen molar-refractivity contribution in [2.45, 2.75) is 50.9 Å². The van der Waals surface area contributed by atoms with Crippen LogP contribution in [0.5, 0.6) is 0 Å². The van der Waals surface area contributed by atoms with Crippen LogP contribution in [0.2, 0.25) is 0 Å². The quantitative estimate of drug-likeness (QED) is 0.760. The summed E-state index contributed by atoms with van der Waals surface area (Å²) in [5.41, 5.74) is 1.13. The Kier molecular flexibility index (Phi) is 6.10. The third-order valence-electron chi connectivity index (χ3n) is 4.73. The number of ether oxygens (including phenoxy) is 2. The zero-order valence-electron chi connectivity index (χ0n) is 14.7. The summed E-state index contributed by atoms with van der Waals surface area (Å²) < 4.78 is 11.7. The lowest BCUT2D eigenvalue weighted by Crippen LogP contribution is -2.39. The predicted octanol–water partition coefficient (Wildman–Crippen LogP) is 2.71. The Labute approximate surface area is 149 Å². The van der Waals surface area contributed by atoms with Crippen molar-refractivity contribution in [3.05, 3.63) is 47.7 Å². The highest BCUT2D eigenvalue weighted by Gasteiger charge is 2.38. The number of aliphatic hydroxyl groups is 1. The first-order valence-electron chi connectivity index (χ1n) is 9.19. The maximum Gasteiger partial charge on any atom is 0.286 e. The van der Waals surface area contributed by atoms with E-state index in [9.17, 15) is 9.90 Å². The number of amides is 1. The van der Waals surface area contributed by atoms with E-state index in [1.165, 1.54) is 0 Å². The summed E-state index contributed by atoms with van der Waals surface area (Å²) in [6.45, 7) is 2.57. The molecular weight excluding hydrogens is 318 g/mol. The van der Waals surface area contributed by atoms with E-state index in [4.69, 9.17) is 9.47 Å². The Bertz CT molecular complexity index is 597. The van der Waals surface area contributed by atoms with Gasteiger partial charge in [0.25, 0.3) is 5.91 Å². The number of carbonyl (C=O) groups is 1. The molecule has 0 saturated heterocycles. The Morgan fingerprint density at radius 1 is 1.32 bits per heavy atom. The van der Waals surface area contributed by atoms with Crippen LogP contribution < -0.4 is 5.32 Å². The van der Waals surface area contributed by atoms with E-state index in [1.807, 2.05) is 31.2 Å². The molecule has 0 spiro atoms. The van der Waals surface area contributed by atoms with Crippen LogP contribution in [0.3, 0.4) is 0 Å². The van der Waals surface area contributed by atoms with Crippen molar-refractivity contribution in [2.24, 2.45) is 5.92 Å². The maximum atomic E-state index is 12.5. The molecule has 1 aliphatic heterocycles. The van der Waals surface area contributed by atoms with Crippen molar-refractivity contribution >= 4 is 5.91 Å². The van der Waals surface area contributed by atoms with Crippen LogP contribution in [0.1, 0.15) is 44.1 Å². The molecule has 1 aromatic carbocycles.